The molecule has 5 nitrogen and oxygen atoms in total. The second-order valence-electron chi connectivity index (χ2n) is 3.93. The van der Waals surface area contributed by atoms with Crippen molar-refractivity contribution in [3.63, 3.8) is 0 Å². The van der Waals surface area contributed by atoms with Crippen LogP contribution in [0.3, 0.4) is 0 Å². The first-order chi connectivity index (χ1) is 8.58. The molecule has 0 fully saturated rings. The number of aromatic carboxylic acids is 1. The van der Waals surface area contributed by atoms with E-state index in [1.807, 2.05) is 0 Å². The van der Waals surface area contributed by atoms with Gasteiger partial charge in [0.25, 0.3) is 0 Å². The summed E-state index contributed by atoms with van der Waals surface area (Å²) in [7, 11) is 0. The Hall–Kier alpha value is -1.75. The molecule has 1 aromatic carbocycles. The van der Waals surface area contributed by atoms with E-state index >= 15 is 0 Å². The lowest BCUT2D eigenvalue weighted by Crippen LogP contribution is -2.27. The minimum absolute atomic E-state index is 0.0790. The maximum Gasteiger partial charge on any atom is 0.337 e. The molecule has 0 unspecified atom stereocenters. The number of carboxylic acids is 1. The Bertz CT molecular complexity index is 403. The van der Waals surface area contributed by atoms with Crippen molar-refractivity contribution in [2.24, 2.45) is 0 Å². The van der Waals surface area contributed by atoms with Gasteiger partial charge in [-0.2, -0.15) is 0 Å². The summed E-state index contributed by atoms with van der Waals surface area (Å²) in [5.41, 5.74) is 5.89. The minimum atomic E-state index is -1.04. The largest absolute Gasteiger partial charge is 0.492 e. The lowest BCUT2D eigenvalue weighted by atomic mass is 10.2. The van der Waals surface area contributed by atoms with E-state index in [0.717, 1.165) is 19.6 Å². The van der Waals surface area contributed by atoms with Crippen LogP contribution in [0, 0.1) is 0 Å². The Morgan fingerprint density at radius 2 is 2.06 bits per heavy atom. The van der Waals surface area contributed by atoms with E-state index in [1.165, 1.54) is 6.07 Å². The molecule has 0 heterocycles. The Balaban J connectivity index is 2.58. The minimum Gasteiger partial charge on any atom is -0.492 e. The van der Waals surface area contributed by atoms with Gasteiger partial charge in [0.15, 0.2) is 0 Å². The Morgan fingerprint density at radius 1 is 1.39 bits per heavy atom. The van der Waals surface area contributed by atoms with Gasteiger partial charge in [-0.25, -0.2) is 4.79 Å². The molecule has 5 heteroatoms. The molecule has 18 heavy (non-hydrogen) atoms. The van der Waals surface area contributed by atoms with Crippen molar-refractivity contribution in [3.05, 3.63) is 23.8 Å². The van der Waals surface area contributed by atoms with E-state index in [9.17, 15) is 4.79 Å². The Kier molecular flexibility index (Phi) is 5.45. The summed E-state index contributed by atoms with van der Waals surface area (Å²) in [6.45, 7) is 7.49. The number of rotatable bonds is 7. The van der Waals surface area contributed by atoms with Crippen LogP contribution in [0.2, 0.25) is 0 Å². The van der Waals surface area contributed by atoms with E-state index in [0.29, 0.717) is 12.4 Å². The van der Waals surface area contributed by atoms with E-state index in [-0.39, 0.29) is 11.3 Å². The maximum absolute atomic E-state index is 10.9. The molecule has 0 saturated heterocycles. The van der Waals surface area contributed by atoms with Crippen molar-refractivity contribution < 1.29 is 14.6 Å². The van der Waals surface area contributed by atoms with Crippen LogP contribution in [-0.4, -0.2) is 42.2 Å². The number of hydrogen-bond acceptors (Lipinski definition) is 4. The SMILES string of the molecule is CCN(CC)CCOc1ccc(N)c(C(=O)O)c1. The Labute approximate surface area is 107 Å². The predicted molar refractivity (Wildman–Crippen MR) is 71.1 cm³/mol. The zero-order valence-corrected chi connectivity index (χ0v) is 10.8. The highest BCUT2D eigenvalue weighted by molar-refractivity contribution is 5.94. The first-order valence-electron chi connectivity index (χ1n) is 6.06. The lowest BCUT2D eigenvalue weighted by Gasteiger charge is -2.18. The van der Waals surface area contributed by atoms with Crippen LogP contribution in [0.5, 0.6) is 5.75 Å². The molecule has 0 amide bonds. The number of hydrogen-bond donors (Lipinski definition) is 2. The topological polar surface area (TPSA) is 75.8 Å². The molecular weight excluding hydrogens is 232 g/mol. The fraction of sp³-hybridized carbons (Fsp3) is 0.462. The zero-order chi connectivity index (χ0) is 13.5. The number of nitrogens with zero attached hydrogens (tertiary/aromatic N) is 1. The van der Waals surface area contributed by atoms with Crippen LogP contribution in [-0.2, 0) is 0 Å². The van der Waals surface area contributed by atoms with Gasteiger partial charge in [-0.05, 0) is 31.3 Å². The molecule has 1 rings (SSSR count). The number of nitrogen functional groups attached to an aromatic ring is 1. The molecule has 100 valence electrons. The fourth-order valence-electron chi connectivity index (χ4n) is 1.64. The molecule has 0 spiro atoms. The summed E-state index contributed by atoms with van der Waals surface area (Å²) < 4.78 is 5.53. The van der Waals surface area contributed by atoms with Crippen LogP contribution in [0.1, 0.15) is 24.2 Å². The molecule has 0 bridgehead atoms. The van der Waals surface area contributed by atoms with Crippen molar-refractivity contribution in [1.82, 2.24) is 4.90 Å². The first kappa shape index (κ1) is 14.3. The maximum atomic E-state index is 10.9. The summed E-state index contributed by atoms with van der Waals surface area (Å²) >= 11 is 0. The number of nitrogens with two attached hydrogens (primary N) is 1. The molecule has 0 aromatic heterocycles. The summed E-state index contributed by atoms with van der Waals surface area (Å²) in [6, 6.07) is 4.69. The molecule has 1 aromatic rings. The highest BCUT2D eigenvalue weighted by Gasteiger charge is 2.09. The molecule has 0 aliphatic carbocycles. The molecule has 3 N–H and O–H groups in total. The monoisotopic (exact) mass is 252 g/mol. The van der Waals surface area contributed by atoms with Gasteiger partial charge in [-0.1, -0.05) is 13.8 Å². The van der Waals surface area contributed by atoms with Gasteiger partial charge in [-0.15, -0.1) is 0 Å². The van der Waals surface area contributed by atoms with Crippen LogP contribution in [0.25, 0.3) is 0 Å². The van der Waals surface area contributed by atoms with Crippen LogP contribution in [0.4, 0.5) is 5.69 Å². The average Bonchev–Trinajstić information content (AvgIpc) is 2.36. The Morgan fingerprint density at radius 3 is 2.61 bits per heavy atom. The normalized spacial score (nSPS) is 10.6. The zero-order valence-electron chi connectivity index (χ0n) is 10.8. The van der Waals surface area contributed by atoms with E-state index in [1.54, 1.807) is 12.1 Å². The molecular formula is C13H20N2O3. The number of carboxylic acid groups (broad SMARTS) is 1. The quantitative estimate of drug-likeness (QED) is 0.722. The lowest BCUT2D eigenvalue weighted by molar-refractivity contribution is 0.0697. The first-order valence-corrected chi connectivity index (χ1v) is 6.06. The fourth-order valence-corrected chi connectivity index (χ4v) is 1.64. The second kappa shape index (κ2) is 6.86. The van der Waals surface area contributed by atoms with Crippen LogP contribution >= 0.6 is 0 Å². The molecule has 0 aliphatic rings. The van der Waals surface area contributed by atoms with Gasteiger partial charge in [0.05, 0.1) is 5.56 Å². The van der Waals surface area contributed by atoms with Crippen molar-refractivity contribution in [2.75, 3.05) is 32.0 Å². The summed E-state index contributed by atoms with van der Waals surface area (Å²) in [6.07, 6.45) is 0. The highest BCUT2D eigenvalue weighted by atomic mass is 16.5. The molecule has 0 radical (unpaired) electrons. The van der Waals surface area contributed by atoms with Crippen LogP contribution in [0.15, 0.2) is 18.2 Å². The summed E-state index contributed by atoms with van der Waals surface area (Å²) in [5.74, 6) is -0.504. The van der Waals surface area contributed by atoms with Crippen molar-refractivity contribution in [1.29, 1.82) is 0 Å². The van der Waals surface area contributed by atoms with Gasteiger partial charge in [0.1, 0.15) is 12.4 Å². The molecule has 0 aliphatic heterocycles. The number of likely N-dealkylation sites (N-methyl/N-ethyl adjacent to an activating group) is 1. The standard InChI is InChI=1S/C13H20N2O3/c1-3-15(4-2)7-8-18-10-5-6-12(14)11(9-10)13(16)17/h5-6,9H,3-4,7-8,14H2,1-2H3,(H,16,17). The van der Waals surface area contributed by atoms with E-state index < -0.39 is 5.97 Å². The van der Waals surface area contributed by atoms with Crippen LogP contribution < -0.4 is 10.5 Å². The van der Waals surface area contributed by atoms with E-state index in [4.69, 9.17) is 15.6 Å². The third-order valence-corrected chi connectivity index (χ3v) is 2.83. The molecule has 0 saturated carbocycles. The average molecular weight is 252 g/mol. The van der Waals surface area contributed by atoms with Gasteiger partial charge < -0.3 is 20.5 Å². The van der Waals surface area contributed by atoms with E-state index in [2.05, 4.69) is 18.7 Å². The number of anilines is 1. The van der Waals surface area contributed by atoms with Gasteiger partial charge in [-0.3, -0.25) is 0 Å². The van der Waals surface area contributed by atoms with Crippen molar-refractivity contribution in [2.45, 2.75) is 13.8 Å². The highest BCUT2D eigenvalue weighted by Crippen LogP contribution is 2.19. The van der Waals surface area contributed by atoms with Gasteiger partial charge >= 0.3 is 5.97 Å². The molecule has 0 atom stereocenters. The smallest absolute Gasteiger partial charge is 0.337 e. The number of carbonyl (C=O) groups is 1. The van der Waals surface area contributed by atoms with Gasteiger partial charge in [0.2, 0.25) is 0 Å². The second-order valence-corrected chi connectivity index (χ2v) is 3.93. The number of ether oxygens (including phenoxy) is 1. The predicted octanol–water partition coefficient (Wildman–Crippen LogP) is 1.69. The van der Waals surface area contributed by atoms with Crippen molar-refractivity contribution in [3.8, 4) is 5.75 Å². The third-order valence-electron chi connectivity index (χ3n) is 2.83. The summed E-state index contributed by atoms with van der Waals surface area (Å²) in [5, 5.41) is 8.94. The summed E-state index contributed by atoms with van der Waals surface area (Å²) in [4.78, 5) is 13.1. The number of benzene rings is 1. The third kappa shape index (κ3) is 3.92. The van der Waals surface area contributed by atoms with Gasteiger partial charge in [0, 0.05) is 12.2 Å². The van der Waals surface area contributed by atoms with Crippen molar-refractivity contribution >= 4 is 11.7 Å².